The number of benzene rings is 1. The largest absolute Gasteiger partial charge is 0.490 e. The van der Waals surface area contributed by atoms with E-state index in [4.69, 9.17) is 4.74 Å². The number of nitrogens with one attached hydrogen (secondary N) is 1. The molecule has 0 spiro atoms. The minimum Gasteiger partial charge on any atom is -0.490 e. The molecule has 0 bridgehead atoms. The van der Waals surface area contributed by atoms with Crippen LogP contribution in [0, 0.1) is 0 Å². The Balaban J connectivity index is 2.83. The smallest absolute Gasteiger partial charge is 0.124 e. The second-order valence-electron chi connectivity index (χ2n) is 4.92. The van der Waals surface area contributed by atoms with Crippen molar-refractivity contribution >= 4 is 0 Å². The van der Waals surface area contributed by atoms with Crippen LogP contribution in [0.2, 0.25) is 0 Å². The summed E-state index contributed by atoms with van der Waals surface area (Å²) in [7, 11) is 0. The van der Waals surface area contributed by atoms with Crippen molar-refractivity contribution in [1.29, 1.82) is 0 Å². The molecule has 0 aliphatic rings. The molecule has 0 aromatic heterocycles. The van der Waals surface area contributed by atoms with Crippen molar-refractivity contribution in [2.24, 2.45) is 0 Å². The third-order valence-corrected chi connectivity index (χ3v) is 2.87. The minimum atomic E-state index is 0.266. The van der Waals surface area contributed by atoms with Crippen LogP contribution >= 0.6 is 0 Å². The molecule has 0 heterocycles. The summed E-state index contributed by atoms with van der Waals surface area (Å²) in [5, 5.41) is 3.51. The lowest BCUT2D eigenvalue weighted by Crippen LogP contribution is -2.26. The van der Waals surface area contributed by atoms with Gasteiger partial charge in [0.1, 0.15) is 5.75 Å². The Morgan fingerprint density at radius 2 is 1.76 bits per heavy atom. The third-order valence-electron chi connectivity index (χ3n) is 2.87. The molecule has 0 amide bonds. The Kier molecular flexibility index (Phi) is 5.49. The summed E-state index contributed by atoms with van der Waals surface area (Å²) >= 11 is 0. The molecule has 0 aliphatic carbocycles. The van der Waals surface area contributed by atoms with Gasteiger partial charge in [-0.05, 0) is 26.3 Å². The molecule has 0 saturated carbocycles. The van der Waals surface area contributed by atoms with E-state index in [1.165, 1.54) is 5.56 Å². The Labute approximate surface area is 105 Å². The number of hydrogen-bond donors (Lipinski definition) is 1. The van der Waals surface area contributed by atoms with Crippen LogP contribution in [0.1, 0.15) is 52.6 Å². The maximum absolute atomic E-state index is 5.96. The van der Waals surface area contributed by atoms with Gasteiger partial charge in [-0.15, -0.1) is 0 Å². The maximum Gasteiger partial charge on any atom is 0.124 e. The molecule has 96 valence electrons. The van der Waals surface area contributed by atoms with Crippen molar-refractivity contribution in [3.63, 3.8) is 0 Å². The molecular weight excluding hydrogens is 210 g/mol. The molecule has 2 atom stereocenters. The Hall–Kier alpha value is -1.02. The van der Waals surface area contributed by atoms with E-state index in [-0.39, 0.29) is 6.10 Å². The average molecular weight is 235 g/mol. The van der Waals surface area contributed by atoms with E-state index in [2.05, 4.69) is 58.1 Å². The average Bonchev–Trinajstić information content (AvgIpc) is 2.28. The first kappa shape index (κ1) is 14.0. The van der Waals surface area contributed by atoms with Crippen LogP contribution in [0.4, 0.5) is 0 Å². The van der Waals surface area contributed by atoms with E-state index < -0.39 is 0 Å². The van der Waals surface area contributed by atoms with Crippen molar-refractivity contribution in [2.45, 2.75) is 59.2 Å². The lowest BCUT2D eigenvalue weighted by Gasteiger charge is -2.22. The number of rotatable bonds is 6. The predicted octanol–water partition coefficient (Wildman–Crippen LogP) is 3.92. The van der Waals surface area contributed by atoms with E-state index in [9.17, 15) is 0 Å². The van der Waals surface area contributed by atoms with Gasteiger partial charge in [0.05, 0.1) is 6.10 Å². The minimum absolute atomic E-state index is 0.266. The Morgan fingerprint density at radius 3 is 2.35 bits per heavy atom. The topological polar surface area (TPSA) is 21.3 Å². The summed E-state index contributed by atoms with van der Waals surface area (Å²) < 4.78 is 5.96. The first-order valence-electron chi connectivity index (χ1n) is 6.56. The second-order valence-corrected chi connectivity index (χ2v) is 4.92. The molecule has 0 aliphatic heterocycles. The molecule has 1 N–H and O–H groups in total. The van der Waals surface area contributed by atoms with Crippen LogP contribution in [0.25, 0.3) is 0 Å². The summed E-state index contributed by atoms with van der Waals surface area (Å²) in [4.78, 5) is 0. The number of ether oxygens (including phenoxy) is 1. The zero-order chi connectivity index (χ0) is 12.8. The highest BCUT2D eigenvalue weighted by Crippen LogP contribution is 2.26. The van der Waals surface area contributed by atoms with Gasteiger partial charge in [0, 0.05) is 17.6 Å². The lowest BCUT2D eigenvalue weighted by atomic mass is 10.1. The van der Waals surface area contributed by atoms with Crippen LogP contribution in [-0.2, 0) is 0 Å². The molecule has 0 fully saturated rings. The van der Waals surface area contributed by atoms with E-state index in [1.807, 2.05) is 6.07 Å². The fraction of sp³-hybridized carbons (Fsp3) is 0.600. The summed E-state index contributed by atoms with van der Waals surface area (Å²) in [5.41, 5.74) is 1.24. The predicted molar refractivity (Wildman–Crippen MR) is 73.5 cm³/mol. The lowest BCUT2D eigenvalue weighted by molar-refractivity contribution is 0.213. The molecule has 1 aromatic rings. The van der Waals surface area contributed by atoms with Crippen molar-refractivity contribution in [1.82, 2.24) is 5.32 Å². The quantitative estimate of drug-likeness (QED) is 0.807. The first-order chi connectivity index (χ1) is 8.04. The van der Waals surface area contributed by atoms with Gasteiger partial charge in [0.15, 0.2) is 0 Å². The standard InChI is InChI=1S/C15H25NO/c1-6-12(4)17-15-10-8-7-9-14(15)13(5)16-11(2)3/h7-13,16H,6H2,1-5H3/t12-,13+/m0/s1. The molecule has 2 nitrogen and oxygen atoms in total. The zero-order valence-electron chi connectivity index (χ0n) is 11.7. The summed E-state index contributed by atoms with van der Waals surface area (Å²) in [6, 6.07) is 9.08. The first-order valence-corrected chi connectivity index (χ1v) is 6.56. The fourth-order valence-electron chi connectivity index (χ4n) is 1.84. The van der Waals surface area contributed by atoms with Crippen molar-refractivity contribution in [2.75, 3.05) is 0 Å². The molecule has 0 radical (unpaired) electrons. The third kappa shape index (κ3) is 4.39. The van der Waals surface area contributed by atoms with Gasteiger partial charge in [-0.25, -0.2) is 0 Å². The molecule has 1 rings (SSSR count). The second kappa shape index (κ2) is 6.65. The van der Waals surface area contributed by atoms with Gasteiger partial charge >= 0.3 is 0 Å². The molecular formula is C15H25NO. The van der Waals surface area contributed by atoms with E-state index >= 15 is 0 Å². The van der Waals surface area contributed by atoms with E-state index in [0.717, 1.165) is 12.2 Å². The highest BCUT2D eigenvalue weighted by atomic mass is 16.5. The van der Waals surface area contributed by atoms with Gasteiger partial charge in [0.25, 0.3) is 0 Å². The van der Waals surface area contributed by atoms with Crippen LogP contribution in [0.3, 0.4) is 0 Å². The fourth-order valence-corrected chi connectivity index (χ4v) is 1.84. The van der Waals surface area contributed by atoms with Crippen LogP contribution in [-0.4, -0.2) is 12.1 Å². The summed E-state index contributed by atoms with van der Waals surface area (Å²) in [6.07, 6.45) is 1.29. The van der Waals surface area contributed by atoms with Gasteiger partial charge in [-0.3, -0.25) is 0 Å². The van der Waals surface area contributed by atoms with Gasteiger partial charge in [-0.1, -0.05) is 39.0 Å². The molecule has 1 aromatic carbocycles. The highest BCUT2D eigenvalue weighted by molar-refractivity contribution is 5.35. The van der Waals surface area contributed by atoms with Crippen LogP contribution < -0.4 is 10.1 Å². The SMILES string of the molecule is CC[C@H](C)Oc1ccccc1[C@@H](C)NC(C)C. The maximum atomic E-state index is 5.96. The molecule has 17 heavy (non-hydrogen) atoms. The summed E-state index contributed by atoms with van der Waals surface area (Å²) in [6.45, 7) is 10.8. The van der Waals surface area contributed by atoms with E-state index in [0.29, 0.717) is 12.1 Å². The summed E-state index contributed by atoms with van der Waals surface area (Å²) in [5.74, 6) is 1.00. The monoisotopic (exact) mass is 235 g/mol. The number of hydrogen-bond acceptors (Lipinski definition) is 2. The highest BCUT2D eigenvalue weighted by Gasteiger charge is 2.13. The van der Waals surface area contributed by atoms with Gasteiger partial charge in [-0.2, -0.15) is 0 Å². The van der Waals surface area contributed by atoms with Crippen molar-refractivity contribution in [3.8, 4) is 5.75 Å². The van der Waals surface area contributed by atoms with Crippen LogP contribution in [0.15, 0.2) is 24.3 Å². The van der Waals surface area contributed by atoms with Crippen molar-refractivity contribution < 1.29 is 4.74 Å². The zero-order valence-corrected chi connectivity index (χ0v) is 11.7. The molecule has 0 saturated heterocycles. The van der Waals surface area contributed by atoms with Crippen molar-refractivity contribution in [3.05, 3.63) is 29.8 Å². The Bertz CT molecular complexity index is 335. The molecule has 0 unspecified atom stereocenters. The van der Waals surface area contributed by atoms with Gasteiger partial charge in [0.2, 0.25) is 0 Å². The Morgan fingerprint density at radius 1 is 1.12 bits per heavy atom. The molecule has 2 heteroatoms. The normalized spacial score (nSPS) is 14.7. The van der Waals surface area contributed by atoms with Crippen LogP contribution in [0.5, 0.6) is 5.75 Å². The van der Waals surface area contributed by atoms with Gasteiger partial charge < -0.3 is 10.1 Å². The van der Waals surface area contributed by atoms with E-state index in [1.54, 1.807) is 0 Å². The number of para-hydroxylation sites is 1.